The lowest BCUT2D eigenvalue weighted by Crippen LogP contribution is -2.17. The van der Waals surface area contributed by atoms with E-state index in [1.165, 1.54) is 60.8 Å². The van der Waals surface area contributed by atoms with Crippen LogP contribution in [0, 0.1) is 0 Å². The number of benzene rings is 4. The lowest BCUT2D eigenvalue weighted by atomic mass is 9.78. The third kappa shape index (κ3) is 2.32. The summed E-state index contributed by atoms with van der Waals surface area (Å²) < 4.78 is 0. The minimum Gasteiger partial charge on any atom is -0.293 e. The van der Waals surface area contributed by atoms with Gasteiger partial charge in [0.15, 0.2) is 0 Å². The maximum Gasteiger partial charge on any atom is 0.0386 e. The molecule has 0 unspecified atom stereocenters. The van der Waals surface area contributed by atoms with E-state index in [1.807, 2.05) is 7.05 Å². The summed E-state index contributed by atoms with van der Waals surface area (Å²) in [6, 6.07) is 25.4. The van der Waals surface area contributed by atoms with Gasteiger partial charge in [-0.3, -0.25) is 4.99 Å². The maximum absolute atomic E-state index is 4.38. The van der Waals surface area contributed by atoms with Crippen molar-refractivity contribution in [3.63, 3.8) is 0 Å². The summed E-state index contributed by atoms with van der Waals surface area (Å²) in [6.45, 7) is 11.6. The molecule has 0 saturated carbocycles. The van der Waals surface area contributed by atoms with Gasteiger partial charge in [0, 0.05) is 23.6 Å². The summed E-state index contributed by atoms with van der Waals surface area (Å²) in [7, 11) is 1.86. The molecule has 0 amide bonds. The standard InChI is InChI=1S/C31H29N/c1-18(32-6)19-11-13-21-20(15-19)12-14-23-25-17-27-24(16-28(25)31(4,5)29(21)23)22-9-7-8-10-26(22)30(27,2)3/h7-17H,1-6H3. The zero-order chi connectivity index (χ0) is 22.4. The molecule has 0 saturated heterocycles. The summed E-state index contributed by atoms with van der Waals surface area (Å²) >= 11 is 0. The van der Waals surface area contributed by atoms with Gasteiger partial charge in [0.05, 0.1) is 0 Å². The predicted molar refractivity (Wildman–Crippen MR) is 137 cm³/mol. The van der Waals surface area contributed by atoms with E-state index in [1.54, 1.807) is 0 Å². The Balaban J connectivity index is 1.63. The SMILES string of the molecule is CN=C(C)c1ccc2c3c(ccc2c1)-c1cc2c(cc1C3(C)C)-c1ccccc1C2(C)C. The van der Waals surface area contributed by atoms with E-state index in [0.29, 0.717) is 0 Å². The summed E-state index contributed by atoms with van der Waals surface area (Å²) in [5.41, 5.74) is 13.6. The highest BCUT2D eigenvalue weighted by Gasteiger charge is 2.42. The van der Waals surface area contributed by atoms with Gasteiger partial charge in [0.25, 0.3) is 0 Å². The molecule has 0 bridgehead atoms. The van der Waals surface area contributed by atoms with Crippen LogP contribution in [0.4, 0.5) is 0 Å². The lowest BCUT2D eigenvalue weighted by molar-refractivity contribution is 0.654. The summed E-state index contributed by atoms with van der Waals surface area (Å²) in [6.07, 6.45) is 0. The Morgan fingerprint density at radius 2 is 1.34 bits per heavy atom. The molecule has 0 fully saturated rings. The zero-order valence-electron chi connectivity index (χ0n) is 19.8. The minimum atomic E-state index is -0.0453. The smallest absolute Gasteiger partial charge is 0.0386 e. The van der Waals surface area contributed by atoms with Gasteiger partial charge in [-0.2, -0.15) is 0 Å². The molecule has 0 heterocycles. The van der Waals surface area contributed by atoms with Crippen LogP contribution in [0.3, 0.4) is 0 Å². The van der Waals surface area contributed by atoms with Crippen molar-refractivity contribution in [1.29, 1.82) is 0 Å². The quantitative estimate of drug-likeness (QED) is 0.280. The highest BCUT2D eigenvalue weighted by Crippen LogP contribution is 2.57. The van der Waals surface area contributed by atoms with Crippen molar-refractivity contribution < 1.29 is 0 Å². The zero-order valence-corrected chi connectivity index (χ0v) is 19.8. The second kappa shape index (κ2) is 6.19. The molecule has 0 aromatic heterocycles. The van der Waals surface area contributed by atoms with Gasteiger partial charge in [-0.1, -0.05) is 76.2 Å². The van der Waals surface area contributed by atoms with Gasteiger partial charge in [0.1, 0.15) is 0 Å². The fourth-order valence-corrected chi connectivity index (χ4v) is 6.20. The number of fused-ring (bicyclic) bond motifs is 8. The van der Waals surface area contributed by atoms with E-state index in [0.717, 1.165) is 5.71 Å². The van der Waals surface area contributed by atoms with Crippen molar-refractivity contribution in [2.24, 2.45) is 4.99 Å². The van der Waals surface area contributed by atoms with Crippen molar-refractivity contribution in [2.45, 2.75) is 45.4 Å². The Morgan fingerprint density at radius 1 is 0.656 bits per heavy atom. The highest BCUT2D eigenvalue weighted by molar-refractivity contribution is 6.05. The molecule has 0 aliphatic heterocycles. The number of nitrogens with zero attached hydrogens (tertiary/aromatic N) is 1. The number of aliphatic imine (C=N–C) groups is 1. The van der Waals surface area contributed by atoms with Crippen LogP contribution in [0.15, 0.2) is 71.7 Å². The molecule has 4 aromatic carbocycles. The van der Waals surface area contributed by atoms with Crippen molar-refractivity contribution in [3.05, 3.63) is 94.5 Å². The summed E-state index contributed by atoms with van der Waals surface area (Å²) in [5, 5.41) is 2.65. The van der Waals surface area contributed by atoms with Crippen LogP contribution in [-0.2, 0) is 10.8 Å². The highest BCUT2D eigenvalue weighted by atomic mass is 14.7. The first kappa shape index (κ1) is 19.5. The van der Waals surface area contributed by atoms with Gasteiger partial charge in [-0.15, -0.1) is 0 Å². The molecule has 32 heavy (non-hydrogen) atoms. The Kier molecular flexibility index (Phi) is 3.77. The molecule has 1 nitrogen and oxygen atoms in total. The van der Waals surface area contributed by atoms with Crippen molar-refractivity contribution in [3.8, 4) is 22.3 Å². The van der Waals surface area contributed by atoms with E-state index >= 15 is 0 Å². The number of hydrogen-bond donors (Lipinski definition) is 0. The molecule has 0 radical (unpaired) electrons. The third-order valence-electron chi connectivity index (χ3n) is 8.08. The largest absolute Gasteiger partial charge is 0.293 e. The van der Waals surface area contributed by atoms with Crippen molar-refractivity contribution >= 4 is 16.5 Å². The van der Waals surface area contributed by atoms with Crippen LogP contribution in [0.1, 0.15) is 62.4 Å². The van der Waals surface area contributed by atoms with E-state index in [2.05, 4.69) is 106 Å². The summed E-state index contributed by atoms with van der Waals surface area (Å²) in [5.74, 6) is 0. The van der Waals surface area contributed by atoms with E-state index in [9.17, 15) is 0 Å². The normalized spacial score (nSPS) is 17.1. The molecule has 1 heteroatoms. The molecule has 4 aromatic rings. The fraction of sp³-hybridized carbons (Fsp3) is 0.258. The minimum absolute atomic E-state index is 0.0244. The van der Waals surface area contributed by atoms with Crippen LogP contribution in [0.2, 0.25) is 0 Å². The Labute approximate surface area is 190 Å². The number of rotatable bonds is 1. The van der Waals surface area contributed by atoms with Gasteiger partial charge < -0.3 is 0 Å². The molecule has 0 N–H and O–H groups in total. The molecule has 0 atom stereocenters. The van der Waals surface area contributed by atoms with E-state index < -0.39 is 0 Å². The molecular formula is C31H29N. The summed E-state index contributed by atoms with van der Waals surface area (Å²) in [4.78, 5) is 4.38. The van der Waals surface area contributed by atoms with Crippen LogP contribution >= 0.6 is 0 Å². The Hall–Kier alpha value is -3.19. The Morgan fingerprint density at radius 3 is 2.09 bits per heavy atom. The van der Waals surface area contributed by atoms with Gasteiger partial charge in [0.2, 0.25) is 0 Å². The van der Waals surface area contributed by atoms with Gasteiger partial charge in [-0.05, 0) is 86.0 Å². The topological polar surface area (TPSA) is 12.4 Å². The molecule has 2 aliphatic rings. The molecule has 2 aliphatic carbocycles. The van der Waals surface area contributed by atoms with E-state index in [4.69, 9.17) is 0 Å². The second-order valence-corrected chi connectivity index (χ2v) is 10.5. The molecule has 158 valence electrons. The van der Waals surface area contributed by atoms with Crippen LogP contribution < -0.4 is 0 Å². The predicted octanol–water partition coefficient (Wildman–Crippen LogP) is 7.89. The van der Waals surface area contributed by atoms with Crippen LogP contribution in [0.5, 0.6) is 0 Å². The number of hydrogen-bond acceptors (Lipinski definition) is 1. The average Bonchev–Trinajstić information content (AvgIpc) is 3.17. The first-order chi connectivity index (χ1) is 15.2. The first-order valence-corrected chi connectivity index (χ1v) is 11.6. The molecule has 0 spiro atoms. The van der Waals surface area contributed by atoms with Crippen LogP contribution in [0.25, 0.3) is 33.0 Å². The van der Waals surface area contributed by atoms with Gasteiger partial charge >= 0.3 is 0 Å². The average molecular weight is 416 g/mol. The van der Waals surface area contributed by atoms with Crippen molar-refractivity contribution in [1.82, 2.24) is 0 Å². The first-order valence-electron chi connectivity index (χ1n) is 11.6. The third-order valence-corrected chi connectivity index (χ3v) is 8.08. The molecule has 6 rings (SSSR count). The molecular weight excluding hydrogens is 386 g/mol. The second-order valence-electron chi connectivity index (χ2n) is 10.5. The van der Waals surface area contributed by atoms with Gasteiger partial charge in [-0.25, -0.2) is 0 Å². The van der Waals surface area contributed by atoms with Crippen LogP contribution in [-0.4, -0.2) is 12.8 Å². The van der Waals surface area contributed by atoms with E-state index in [-0.39, 0.29) is 10.8 Å². The lowest BCUT2D eigenvalue weighted by Gasteiger charge is -2.25. The monoisotopic (exact) mass is 415 g/mol. The maximum atomic E-state index is 4.38. The Bertz CT molecular complexity index is 1480. The van der Waals surface area contributed by atoms with Crippen molar-refractivity contribution in [2.75, 3.05) is 7.05 Å². The fourth-order valence-electron chi connectivity index (χ4n) is 6.20.